The highest BCUT2D eigenvalue weighted by atomic mass is 19.3. The molecule has 0 saturated heterocycles. The lowest BCUT2D eigenvalue weighted by molar-refractivity contribution is -0.346. The molecule has 0 radical (unpaired) electrons. The Morgan fingerprint density at radius 2 is 1.23 bits per heavy atom. The van der Waals surface area contributed by atoms with Crippen LogP contribution in [-0.4, -0.2) is 23.8 Å². The van der Waals surface area contributed by atoms with Crippen molar-refractivity contribution in [1.82, 2.24) is 0 Å². The molecule has 0 saturated carbocycles. The van der Waals surface area contributed by atoms with Crippen molar-refractivity contribution in [1.29, 1.82) is 0 Å². The third-order valence-electron chi connectivity index (χ3n) is 3.73. The van der Waals surface area contributed by atoms with Crippen molar-refractivity contribution in [2.45, 2.75) is 64.2 Å². The lowest BCUT2D eigenvalue weighted by atomic mass is 9.79. The van der Waals surface area contributed by atoms with Crippen LogP contribution in [-0.2, 0) is 20.4 Å². The fourth-order valence-corrected chi connectivity index (χ4v) is 2.24. The quantitative estimate of drug-likeness (QED) is 0.459. The molecular weight excluding hydrogens is 356 g/mol. The highest BCUT2D eigenvalue weighted by Gasteiger charge is 2.65. The smallest absolute Gasteiger partial charge is 0.410 e. The Balaban J connectivity index is 3.53. The molecule has 0 aliphatic heterocycles. The lowest BCUT2D eigenvalue weighted by Gasteiger charge is -2.30. The first kappa shape index (κ1) is 21.9. The predicted octanol–water partition coefficient (Wildman–Crippen LogP) is 3.21. The highest BCUT2D eigenvalue weighted by Crippen LogP contribution is 2.42. The van der Waals surface area contributed by atoms with Gasteiger partial charge in [0.05, 0.1) is 0 Å². The molecular formula is C18H21F4O4-. The van der Waals surface area contributed by atoms with Gasteiger partial charge in [0.15, 0.2) is 0 Å². The Morgan fingerprint density at radius 3 is 1.54 bits per heavy atom. The van der Waals surface area contributed by atoms with Gasteiger partial charge in [-0.1, -0.05) is 59.7 Å². The molecule has 0 atom stereocenters. The second-order valence-electron chi connectivity index (χ2n) is 8.01. The second kappa shape index (κ2) is 6.55. The number of carbonyl (C=O) groups is 2. The molecule has 1 rings (SSSR count). The van der Waals surface area contributed by atoms with Crippen LogP contribution in [0, 0.1) is 0 Å². The maximum atomic E-state index is 13.7. The summed E-state index contributed by atoms with van der Waals surface area (Å²) in [6, 6.07) is 4.67. The fraction of sp³-hybridized carbons (Fsp3) is 0.556. The van der Waals surface area contributed by atoms with Crippen LogP contribution in [0.15, 0.2) is 18.2 Å². The number of aliphatic carboxylic acids is 1. The summed E-state index contributed by atoms with van der Waals surface area (Å²) >= 11 is 0. The fourth-order valence-electron chi connectivity index (χ4n) is 2.24. The third kappa shape index (κ3) is 3.99. The van der Waals surface area contributed by atoms with Crippen LogP contribution < -0.4 is 9.84 Å². The van der Waals surface area contributed by atoms with E-state index in [1.807, 2.05) is 0 Å². The van der Waals surface area contributed by atoms with Crippen LogP contribution in [0.4, 0.5) is 17.6 Å². The number of esters is 1. The van der Waals surface area contributed by atoms with Gasteiger partial charge in [-0.2, -0.15) is 17.6 Å². The van der Waals surface area contributed by atoms with Crippen molar-refractivity contribution < 1.29 is 37.0 Å². The maximum absolute atomic E-state index is 13.7. The number of carboxylic acid groups (broad SMARTS) is 1. The topological polar surface area (TPSA) is 66.4 Å². The summed E-state index contributed by atoms with van der Waals surface area (Å²) in [6.45, 7) is 10.3. The summed E-state index contributed by atoms with van der Waals surface area (Å²) in [4.78, 5) is 22.1. The van der Waals surface area contributed by atoms with E-state index in [1.54, 1.807) is 47.6 Å². The molecule has 0 aliphatic carbocycles. The van der Waals surface area contributed by atoms with Gasteiger partial charge in [-0.25, -0.2) is 4.79 Å². The van der Waals surface area contributed by atoms with E-state index in [-0.39, 0.29) is 5.75 Å². The Labute approximate surface area is 149 Å². The van der Waals surface area contributed by atoms with Crippen LogP contribution in [0.25, 0.3) is 0 Å². The number of halogens is 4. The number of para-hydroxylation sites is 1. The molecule has 146 valence electrons. The van der Waals surface area contributed by atoms with Gasteiger partial charge in [0.2, 0.25) is 0 Å². The third-order valence-corrected chi connectivity index (χ3v) is 3.73. The molecule has 0 bridgehead atoms. The van der Waals surface area contributed by atoms with Crippen LogP contribution in [0.1, 0.15) is 52.7 Å². The van der Waals surface area contributed by atoms with Crippen molar-refractivity contribution in [3.8, 4) is 5.75 Å². The van der Waals surface area contributed by atoms with Gasteiger partial charge in [0, 0.05) is 11.1 Å². The average molecular weight is 377 g/mol. The van der Waals surface area contributed by atoms with Gasteiger partial charge >= 0.3 is 17.8 Å². The van der Waals surface area contributed by atoms with Crippen LogP contribution in [0.2, 0.25) is 0 Å². The average Bonchev–Trinajstić information content (AvgIpc) is 2.44. The summed E-state index contributed by atoms with van der Waals surface area (Å²) in [6.07, 6.45) is 0. The summed E-state index contributed by atoms with van der Waals surface area (Å²) in [5, 5.41) is 10.3. The van der Waals surface area contributed by atoms with E-state index in [9.17, 15) is 32.3 Å². The Kier molecular flexibility index (Phi) is 5.53. The van der Waals surface area contributed by atoms with E-state index < -0.39 is 34.6 Å². The van der Waals surface area contributed by atoms with Crippen molar-refractivity contribution in [3.05, 3.63) is 29.3 Å². The van der Waals surface area contributed by atoms with E-state index in [4.69, 9.17) is 0 Å². The summed E-state index contributed by atoms with van der Waals surface area (Å²) < 4.78 is 58.6. The van der Waals surface area contributed by atoms with Crippen molar-refractivity contribution in [2.24, 2.45) is 0 Å². The number of ether oxygens (including phenoxy) is 1. The zero-order valence-corrected chi connectivity index (χ0v) is 15.4. The van der Waals surface area contributed by atoms with Gasteiger partial charge in [-0.15, -0.1) is 0 Å². The number of alkyl halides is 4. The largest absolute Gasteiger partial charge is 0.544 e. The molecule has 0 amide bonds. The van der Waals surface area contributed by atoms with Gasteiger partial charge in [0.1, 0.15) is 11.7 Å². The van der Waals surface area contributed by atoms with Gasteiger partial charge in [0.25, 0.3) is 0 Å². The maximum Gasteiger partial charge on any atom is 0.410 e. The van der Waals surface area contributed by atoms with E-state index in [1.165, 1.54) is 12.1 Å². The number of hydrogen-bond donors (Lipinski definition) is 0. The minimum atomic E-state index is -5.71. The highest BCUT2D eigenvalue weighted by molar-refractivity contribution is 5.89. The van der Waals surface area contributed by atoms with E-state index >= 15 is 0 Å². The number of benzene rings is 1. The number of hydrogen-bond acceptors (Lipinski definition) is 4. The molecule has 0 N–H and O–H groups in total. The van der Waals surface area contributed by atoms with Crippen molar-refractivity contribution in [3.63, 3.8) is 0 Å². The normalized spacial score (nSPS) is 13.5. The molecule has 26 heavy (non-hydrogen) atoms. The van der Waals surface area contributed by atoms with Crippen molar-refractivity contribution >= 4 is 11.9 Å². The van der Waals surface area contributed by atoms with E-state index in [2.05, 4.69) is 4.74 Å². The zero-order chi connectivity index (χ0) is 20.7. The summed E-state index contributed by atoms with van der Waals surface area (Å²) in [5.41, 5.74) is -0.650. The molecule has 0 aromatic heterocycles. The lowest BCUT2D eigenvalue weighted by Crippen LogP contribution is -2.58. The van der Waals surface area contributed by atoms with E-state index in [0.717, 1.165) is 0 Å². The predicted molar refractivity (Wildman–Crippen MR) is 84.4 cm³/mol. The van der Waals surface area contributed by atoms with Crippen molar-refractivity contribution in [2.75, 3.05) is 0 Å². The molecule has 1 aromatic carbocycles. The first-order chi connectivity index (χ1) is 11.4. The Morgan fingerprint density at radius 1 is 0.846 bits per heavy atom. The monoisotopic (exact) mass is 377 g/mol. The Bertz CT molecular complexity index is 681. The molecule has 0 unspecified atom stereocenters. The summed E-state index contributed by atoms with van der Waals surface area (Å²) in [7, 11) is 0. The molecule has 8 heteroatoms. The zero-order valence-electron chi connectivity index (χ0n) is 15.4. The SMILES string of the molecule is CC(C)(C)c1cccc(C(C)(C)C)c1OC(=O)C(F)(F)C(F)(F)C(=O)[O-]. The minimum Gasteiger partial charge on any atom is -0.544 e. The molecule has 1 aromatic rings. The number of carbonyl (C=O) groups excluding carboxylic acids is 2. The van der Waals surface area contributed by atoms with Gasteiger partial charge in [-0.05, 0) is 10.8 Å². The summed E-state index contributed by atoms with van der Waals surface area (Å²) in [5.74, 6) is -17.6. The number of rotatable bonds is 4. The molecule has 0 spiro atoms. The van der Waals surface area contributed by atoms with Gasteiger partial charge < -0.3 is 14.6 Å². The molecule has 0 heterocycles. The molecule has 0 fully saturated rings. The first-order valence-corrected chi connectivity index (χ1v) is 7.77. The minimum absolute atomic E-state index is 0.286. The Hall–Kier alpha value is -2.12. The van der Waals surface area contributed by atoms with Crippen LogP contribution in [0.3, 0.4) is 0 Å². The van der Waals surface area contributed by atoms with Crippen LogP contribution >= 0.6 is 0 Å². The van der Waals surface area contributed by atoms with E-state index in [0.29, 0.717) is 11.1 Å². The van der Waals surface area contributed by atoms with Crippen LogP contribution in [0.5, 0.6) is 5.75 Å². The standard InChI is InChI=1S/C18H22F4O4/c1-15(2,3)10-8-7-9-11(16(4,5)6)12(10)26-14(25)18(21,22)17(19,20)13(23)24/h7-9H,1-6H3,(H,23,24)/p-1. The number of carboxylic acids is 1. The molecule has 0 aliphatic rings. The van der Waals surface area contributed by atoms with Gasteiger partial charge in [-0.3, -0.25) is 0 Å². The first-order valence-electron chi connectivity index (χ1n) is 7.77. The second-order valence-corrected chi connectivity index (χ2v) is 8.01. The molecule has 4 nitrogen and oxygen atoms in total.